The van der Waals surface area contributed by atoms with Gasteiger partial charge in [-0.15, -0.1) is 0 Å². The van der Waals surface area contributed by atoms with Crippen LogP contribution in [0.3, 0.4) is 0 Å². The summed E-state index contributed by atoms with van der Waals surface area (Å²) in [4.78, 5) is 30.7. The number of likely N-dealkylation sites (N-methyl/N-ethyl adjacent to an activating group) is 1. The first kappa shape index (κ1) is 15.5. The van der Waals surface area contributed by atoms with E-state index in [1.165, 1.54) is 0 Å². The Balaban J connectivity index is 1.87. The molecule has 0 aromatic carbocycles. The fourth-order valence-corrected chi connectivity index (χ4v) is 2.86. The molecule has 1 saturated heterocycles. The van der Waals surface area contributed by atoms with Crippen LogP contribution in [-0.4, -0.2) is 58.4 Å². The molecule has 7 heteroatoms. The molecule has 7 nitrogen and oxygen atoms in total. The topological polar surface area (TPSA) is 75.9 Å². The van der Waals surface area contributed by atoms with Gasteiger partial charge in [-0.2, -0.15) is 0 Å². The van der Waals surface area contributed by atoms with Gasteiger partial charge in [-0.1, -0.05) is 6.07 Å². The zero-order chi connectivity index (χ0) is 16.6. The van der Waals surface area contributed by atoms with Crippen LogP contribution < -0.4 is 5.32 Å². The lowest BCUT2D eigenvalue weighted by Crippen LogP contribution is -2.58. The van der Waals surface area contributed by atoms with Crippen molar-refractivity contribution in [1.29, 1.82) is 0 Å². The fraction of sp³-hybridized carbons (Fsp3) is 0.438. The summed E-state index contributed by atoms with van der Waals surface area (Å²) in [6, 6.07) is 5.72. The number of morpholine rings is 1. The number of aryl methyl sites for hydroxylation is 1. The summed E-state index contributed by atoms with van der Waals surface area (Å²) < 4.78 is 7.46. The molecule has 3 rings (SSSR count). The molecule has 1 fully saturated rings. The van der Waals surface area contributed by atoms with E-state index in [4.69, 9.17) is 4.74 Å². The van der Waals surface area contributed by atoms with Crippen molar-refractivity contribution in [3.05, 3.63) is 35.8 Å². The van der Waals surface area contributed by atoms with Crippen LogP contribution in [0.15, 0.2) is 24.4 Å². The van der Waals surface area contributed by atoms with Crippen LogP contribution >= 0.6 is 0 Å². The van der Waals surface area contributed by atoms with Gasteiger partial charge in [0.25, 0.3) is 11.8 Å². The molecular formula is C16H20N4O3. The normalized spacial score (nSPS) is 21.4. The van der Waals surface area contributed by atoms with Gasteiger partial charge in [0.15, 0.2) is 5.60 Å². The molecule has 122 valence electrons. The van der Waals surface area contributed by atoms with Gasteiger partial charge in [-0.25, -0.2) is 4.98 Å². The van der Waals surface area contributed by atoms with Crippen molar-refractivity contribution >= 4 is 17.5 Å². The third kappa shape index (κ3) is 2.68. The minimum absolute atomic E-state index is 0.188. The van der Waals surface area contributed by atoms with Crippen LogP contribution in [0.5, 0.6) is 0 Å². The van der Waals surface area contributed by atoms with E-state index in [1.807, 2.05) is 29.5 Å². The Labute approximate surface area is 134 Å². The van der Waals surface area contributed by atoms with Crippen molar-refractivity contribution in [2.75, 3.05) is 26.7 Å². The Bertz CT molecular complexity index is 770. The lowest BCUT2D eigenvalue weighted by Gasteiger charge is -2.38. The van der Waals surface area contributed by atoms with Crippen molar-refractivity contribution in [2.24, 2.45) is 0 Å². The number of ether oxygens (including phenoxy) is 1. The first-order chi connectivity index (χ1) is 10.9. The van der Waals surface area contributed by atoms with E-state index >= 15 is 0 Å². The summed E-state index contributed by atoms with van der Waals surface area (Å²) in [7, 11) is 1.56. The minimum Gasteiger partial charge on any atom is -0.362 e. The molecule has 1 aliphatic heterocycles. The third-order valence-electron chi connectivity index (χ3n) is 4.18. The van der Waals surface area contributed by atoms with E-state index in [9.17, 15) is 9.59 Å². The van der Waals surface area contributed by atoms with E-state index in [-0.39, 0.29) is 18.4 Å². The molecule has 23 heavy (non-hydrogen) atoms. The maximum atomic E-state index is 12.7. The highest BCUT2D eigenvalue weighted by molar-refractivity contribution is 5.94. The van der Waals surface area contributed by atoms with E-state index in [0.29, 0.717) is 18.8 Å². The lowest BCUT2D eigenvalue weighted by atomic mass is 10.0. The Morgan fingerprint density at radius 3 is 2.87 bits per heavy atom. The van der Waals surface area contributed by atoms with Gasteiger partial charge in [-0.3, -0.25) is 9.59 Å². The van der Waals surface area contributed by atoms with E-state index < -0.39 is 5.60 Å². The van der Waals surface area contributed by atoms with Crippen molar-refractivity contribution < 1.29 is 14.3 Å². The quantitative estimate of drug-likeness (QED) is 0.881. The zero-order valence-corrected chi connectivity index (χ0v) is 13.5. The largest absolute Gasteiger partial charge is 0.362 e. The van der Waals surface area contributed by atoms with Crippen molar-refractivity contribution in [1.82, 2.24) is 19.6 Å². The molecule has 0 spiro atoms. The Morgan fingerprint density at radius 2 is 2.17 bits per heavy atom. The van der Waals surface area contributed by atoms with Crippen LogP contribution in [0, 0.1) is 6.92 Å². The molecule has 2 amide bonds. The predicted molar refractivity (Wildman–Crippen MR) is 84.3 cm³/mol. The highest BCUT2D eigenvalue weighted by Crippen LogP contribution is 2.20. The average molecular weight is 316 g/mol. The second-order valence-electron chi connectivity index (χ2n) is 5.91. The number of aromatic nitrogens is 2. The summed E-state index contributed by atoms with van der Waals surface area (Å²) in [5, 5.41) is 2.58. The average Bonchev–Trinajstić information content (AvgIpc) is 2.99. The summed E-state index contributed by atoms with van der Waals surface area (Å²) in [6.45, 7) is 4.62. The second kappa shape index (κ2) is 5.66. The van der Waals surface area contributed by atoms with Crippen LogP contribution in [0.4, 0.5) is 0 Å². The molecule has 0 aliphatic carbocycles. The molecule has 1 aliphatic rings. The predicted octanol–water partition coefficient (Wildman–Crippen LogP) is 0.620. The number of hydrogen-bond donors (Lipinski definition) is 1. The Kier molecular flexibility index (Phi) is 3.81. The van der Waals surface area contributed by atoms with Gasteiger partial charge in [0.2, 0.25) is 0 Å². The lowest BCUT2D eigenvalue weighted by molar-refractivity contribution is -0.153. The number of hydrogen-bond acceptors (Lipinski definition) is 4. The summed E-state index contributed by atoms with van der Waals surface area (Å²) in [5.74, 6) is -0.424. The number of carbonyl (C=O) groups excluding carboxylic acids is 2. The number of fused-ring (bicyclic) bond motifs is 1. The van der Waals surface area contributed by atoms with Crippen LogP contribution in [0.1, 0.15) is 23.1 Å². The van der Waals surface area contributed by atoms with Gasteiger partial charge < -0.3 is 19.4 Å². The molecule has 1 unspecified atom stereocenters. The van der Waals surface area contributed by atoms with Crippen LogP contribution in [0.25, 0.3) is 5.65 Å². The van der Waals surface area contributed by atoms with Crippen molar-refractivity contribution in [2.45, 2.75) is 19.4 Å². The van der Waals surface area contributed by atoms with Gasteiger partial charge >= 0.3 is 0 Å². The number of nitrogens with zero attached hydrogens (tertiary/aromatic N) is 3. The summed E-state index contributed by atoms with van der Waals surface area (Å²) >= 11 is 0. The van der Waals surface area contributed by atoms with E-state index in [2.05, 4.69) is 10.3 Å². The molecule has 3 heterocycles. The standard InChI is InChI=1S/C16H20N4O3/c1-11-5-4-6-13-18-12(9-20(11)13)14(21)19-7-8-23-16(2,10-19)15(22)17-3/h4-6,9H,7-8,10H2,1-3H3,(H,17,22). The van der Waals surface area contributed by atoms with E-state index in [1.54, 1.807) is 25.1 Å². The highest BCUT2D eigenvalue weighted by atomic mass is 16.5. The molecular weight excluding hydrogens is 296 g/mol. The monoisotopic (exact) mass is 316 g/mol. The molecule has 1 atom stereocenters. The summed E-state index contributed by atoms with van der Waals surface area (Å²) in [5.41, 5.74) is 1.08. The highest BCUT2D eigenvalue weighted by Gasteiger charge is 2.40. The second-order valence-corrected chi connectivity index (χ2v) is 5.91. The number of carbonyl (C=O) groups is 2. The number of pyridine rings is 1. The number of rotatable bonds is 2. The number of imidazole rings is 1. The smallest absolute Gasteiger partial charge is 0.274 e. The number of amides is 2. The summed E-state index contributed by atoms with van der Waals surface area (Å²) in [6.07, 6.45) is 1.74. The molecule has 0 radical (unpaired) electrons. The van der Waals surface area contributed by atoms with Crippen molar-refractivity contribution in [3.63, 3.8) is 0 Å². The van der Waals surface area contributed by atoms with Gasteiger partial charge in [0.05, 0.1) is 13.2 Å². The maximum Gasteiger partial charge on any atom is 0.274 e. The SMILES string of the molecule is CNC(=O)C1(C)CN(C(=O)c2cn3c(C)cccc3n2)CCO1. The number of nitrogens with one attached hydrogen (secondary N) is 1. The van der Waals surface area contributed by atoms with Gasteiger partial charge in [-0.05, 0) is 26.0 Å². The molecule has 1 N–H and O–H groups in total. The van der Waals surface area contributed by atoms with Gasteiger partial charge in [0.1, 0.15) is 11.3 Å². The Morgan fingerprint density at radius 1 is 1.39 bits per heavy atom. The van der Waals surface area contributed by atoms with Crippen LogP contribution in [-0.2, 0) is 9.53 Å². The van der Waals surface area contributed by atoms with Gasteiger partial charge in [0, 0.05) is 25.5 Å². The zero-order valence-electron chi connectivity index (χ0n) is 13.5. The Hall–Kier alpha value is -2.41. The minimum atomic E-state index is -1.03. The van der Waals surface area contributed by atoms with Crippen LogP contribution in [0.2, 0.25) is 0 Å². The van der Waals surface area contributed by atoms with Crippen molar-refractivity contribution in [3.8, 4) is 0 Å². The first-order valence-electron chi connectivity index (χ1n) is 7.55. The fourth-order valence-electron chi connectivity index (χ4n) is 2.86. The molecule has 2 aromatic rings. The third-order valence-corrected chi connectivity index (χ3v) is 4.18. The molecule has 0 bridgehead atoms. The molecule has 2 aromatic heterocycles. The maximum absolute atomic E-state index is 12.7. The van der Waals surface area contributed by atoms with E-state index in [0.717, 1.165) is 11.3 Å². The first-order valence-corrected chi connectivity index (χ1v) is 7.55. The molecule has 0 saturated carbocycles.